The third kappa shape index (κ3) is 1.37. The third-order valence-corrected chi connectivity index (χ3v) is 4.65. The highest BCUT2D eigenvalue weighted by molar-refractivity contribution is 7.87. The van der Waals surface area contributed by atoms with Gasteiger partial charge in [-0.25, -0.2) is 0 Å². The molecule has 2 nitrogen and oxygen atoms in total. The van der Waals surface area contributed by atoms with Crippen molar-refractivity contribution in [1.82, 2.24) is 0 Å². The molecule has 12 heavy (non-hydrogen) atoms. The summed E-state index contributed by atoms with van der Waals surface area (Å²) in [5, 5.41) is -0.662. The highest BCUT2D eigenvalue weighted by Crippen LogP contribution is 2.44. The lowest BCUT2D eigenvalue weighted by atomic mass is 9.70. The van der Waals surface area contributed by atoms with E-state index in [4.69, 9.17) is 0 Å². The summed E-state index contributed by atoms with van der Waals surface area (Å²) >= 11 is 0. The third-order valence-electron chi connectivity index (χ3n) is 3.34. The molecule has 0 aliphatic heterocycles. The molecule has 0 unspecified atom stereocenters. The van der Waals surface area contributed by atoms with Crippen LogP contribution in [0.3, 0.4) is 0 Å². The first-order chi connectivity index (χ1) is 5.57. The Morgan fingerprint density at radius 3 is 1.92 bits per heavy atom. The molecule has 0 aromatic heterocycles. The monoisotopic (exact) mass is 192 g/mol. The number of halogens is 1. The van der Waals surface area contributed by atoms with Gasteiger partial charge in [0.05, 0.1) is 5.25 Å². The molecule has 0 N–H and O–H groups in total. The van der Waals surface area contributed by atoms with Gasteiger partial charge in [0.2, 0.25) is 0 Å². The van der Waals surface area contributed by atoms with Gasteiger partial charge in [-0.05, 0) is 31.1 Å². The minimum Gasteiger partial charge on any atom is -0.195 e. The van der Waals surface area contributed by atoms with Crippen molar-refractivity contribution in [1.29, 1.82) is 0 Å². The second-order valence-electron chi connectivity index (χ2n) is 4.03. The number of fused-ring (bicyclic) bond motifs is 3. The van der Waals surface area contributed by atoms with Crippen LogP contribution in [0.5, 0.6) is 0 Å². The molecule has 0 saturated heterocycles. The maximum absolute atomic E-state index is 12.7. The van der Waals surface area contributed by atoms with E-state index in [1.165, 1.54) is 0 Å². The van der Waals surface area contributed by atoms with Crippen LogP contribution in [0.15, 0.2) is 0 Å². The Hall–Kier alpha value is -0.120. The summed E-state index contributed by atoms with van der Waals surface area (Å²) in [6.45, 7) is 0. The smallest absolute Gasteiger partial charge is 0.195 e. The van der Waals surface area contributed by atoms with Crippen LogP contribution in [-0.2, 0) is 10.2 Å². The fourth-order valence-corrected chi connectivity index (χ4v) is 3.90. The fraction of sp³-hybridized carbons (Fsp3) is 1.00. The molecule has 0 aromatic carbocycles. The fourth-order valence-electron chi connectivity index (χ4n) is 2.66. The molecule has 3 rings (SSSR count). The van der Waals surface area contributed by atoms with Crippen LogP contribution in [0, 0.1) is 11.8 Å². The van der Waals surface area contributed by atoms with E-state index in [2.05, 4.69) is 0 Å². The average Bonchev–Trinajstić information content (AvgIpc) is 2.05. The summed E-state index contributed by atoms with van der Waals surface area (Å²) in [7, 11) is -4.26. The van der Waals surface area contributed by atoms with E-state index >= 15 is 0 Å². The number of rotatable bonds is 1. The molecule has 3 aliphatic rings. The van der Waals surface area contributed by atoms with Crippen LogP contribution in [0.25, 0.3) is 0 Å². The summed E-state index contributed by atoms with van der Waals surface area (Å²) in [5.41, 5.74) is 0. The van der Waals surface area contributed by atoms with Gasteiger partial charge < -0.3 is 0 Å². The van der Waals surface area contributed by atoms with E-state index in [0.29, 0.717) is 12.3 Å². The predicted molar refractivity (Wildman–Crippen MR) is 43.9 cm³/mol. The molecule has 0 heterocycles. The van der Waals surface area contributed by atoms with Gasteiger partial charge in [-0.1, -0.05) is 12.8 Å². The highest BCUT2D eigenvalue weighted by Gasteiger charge is 2.42. The van der Waals surface area contributed by atoms with Crippen LogP contribution < -0.4 is 0 Å². The van der Waals surface area contributed by atoms with Gasteiger partial charge >= 0.3 is 10.2 Å². The zero-order chi connectivity index (χ0) is 8.77. The predicted octanol–water partition coefficient (Wildman–Crippen LogP) is 1.86. The first kappa shape index (κ1) is 8.48. The lowest BCUT2D eigenvalue weighted by molar-refractivity contribution is 0.176. The largest absolute Gasteiger partial charge is 0.305 e. The number of hydrogen-bond acceptors (Lipinski definition) is 2. The highest BCUT2D eigenvalue weighted by atomic mass is 32.3. The van der Waals surface area contributed by atoms with Gasteiger partial charge in [-0.2, -0.15) is 8.42 Å². The van der Waals surface area contributed by atoms with Gasteiger partial charge in [0.1, 0.15) is 0 Å². The Bertz CT molecular complexity index is 265. The van der Waals surface area contributed by atoms with Crippen LogP contribution in [0.1, 0.15) is 32.1 Å². The van der Waals surface area contributed by atoms with Crippen molar-refractivity contribution < 1.29 is 12.3 Å². The molecule has 3 aliphatic carbocycles. The standard InChI is InChI=1S/C8H13FO2S/c9-12(10,11)8-5-6-1-3-7(8)4-2-6/h6-8H,1-5H2/t6?,7?,8-/m0/s1. The quantitative estimate of drug-likeness (QED) is 0.594. The van der Waals surface area contributed by atoms with Crippen molar-refractivity contribution in [2.45, 2.75) is 37.4 Å². The van der Waals surface area contributed by atoms with Crippen molar-refractivity contribution in [3.05, 3.63) is 0 Å². The van der Waals surface area contributed by atoms with Crippen LogP contribution in [0.2, 0.25) is 0 Å². The Labute approximate surface area is 72.4 Å². The van der Waals surface area contributed by atoms with Gasteiger partial charge in [-0.15, -0.1) is 3.89 Å². The van der Waals surface area contributed by atoms with Crippen molar-refractivity contribution in [2.24, 2.45) is 11.8 Å². The SMILES string of the molecule is O=S(=O)(F)[C@H]1CC2CCC1CC2. The molecule has 70 valence electrons. The lowest BCUT2D eigenvalue weighted by Gasteiger charge is -2.40. The Kier molecular flexibility index (Phi) is 1.90. The zero-order valence-corrected chi connectivity index (χ0v) is 7.69. The maximum Gasteiger partial charge on any atom is 0.305 e. The van der Waals surface area contributed by atoms with E-state index in [9.17, 15) is 12.3 Å². The Balaban J connectivity index is 2.20. The minimum atomic E-state index is -4.26. The van der Waals surface area contributed by atoms with Crippen LogP contribution in [0.4, 0.5) is 3.89 Å². The summed E-state index contributed by atoms with van der Waals surface area (Å²) in [6.07, 6.45) is 4.62. The van der Waals surface area contributed by atoms with E-state index < -0.39 is 15.5 Å². The molecular weight excluding hydrogens is 179 g/mol. The molecule has 0 spiro atoms. The molecule has 0 aromatic rings. The molecular formula is C8H13FO2S. The summed E-state index contributed by atoms with van der Waals surface area (Å²) < 4.78 is 34.1. The zero-order valence-electron chi connectivity index (χ0n) is 6.87. The van der Waals surface area contributed by atoms with Crippen molar-refractivity contribution >= 4 is 10.2 Å². The van der Waals surface area contributed by atoms with E-state index in [-0.39, 0.29) is 5.92 Å². The average molecular weight is 192 g/mol. The van der Waals surface area contributed by atoms with Crippen LogP contribution in [-0.4, -0.2) is 13.7 Å². The first-order valence-corrected chi connectivity index (χ1v) is 5.95. The van der Waals surface area contributed by atoms with Gasteiger partial charge in [-0.3, -0.25) is 0 Å². The van der Waals surface area contributed by atoms with E-state index in [1.54, 1.807) is 0 Å². The van der Waals surface area contributed by atoms with Gasteiger partial charge in [0.25, 0.3) is 0 Å². The lowest BCUT2D eigenvalue weighted by Crippen LogP contribution is -2.38. The Morgan fingerprint density at radius 1 is 1.08 bits per heavy atom. The summed E-state index contributed by atoms with van der Waals surface area (Å²) in [5.74, 6) is 0.593. The molecule has 4 heteroatoms. The molecule has 2 bridgehead atoms. The van der Waals surface area contributed by atoms with Crippen molar-refractivity contribution in [3.63, 3.8) is 0 Å². The number of hydrogen-bond donors (Lipinski definition) is 0. The van der Waals surface area contributed by atoms with Crippen molar-refractivity contribution in [2.75, 3.05) is 0 Å². The summed E-state index contributed by atoms with van der Waals surface area (Å²) in [4.78, 5) is 0. The van der Waals surface area contributed by atoms with E-state index in [1.807, 2.05) is 0 Å². The summed E-state index contributed by atoms with van der Waals surface area (Å²) in [6, 6.07) is 0. The second-order valence-corrected chi connectivity index (χ2v) is 5.59. The molecule has 3 fully saturated rings. The molecule has 0 amide bonds. The topological polar surface area (TPSA) is 34.1 Å². The first-order valence-electron chi connectivity index (χ1n) is 4.51. The molecule has 1 atom stereocenters. The Morgan fingerprint density at radius 2 is 1.67 bits per heavy atom. The van der Waals surface area contributed by atoms with Crippen LogP contribution >= 0.6 is 0 Å². The van der Waals surface area contributed by atoms with Gasteiger partial charge in [0, 0.05) is 0 Å². The molecule has 0 radical (unpaired) electrons. The van der Waals surface area contributed by atoms with Gasteiger partial charge in [0.15, 0.2) is 0 Å². The normalized spacial score (nSPS) is 41.6. The van der Waals surface area contributed by atoms with Crippen molar-refractivity contribution in [3.8, 4) is 0 Å². The maximum atomic E-state index is 12.7. The molecule has 3 saturated carbocycles. The second kappa shape index (κ2) is 2.69. The van der Waals surface area contributed by atoms with E-state index in [0.717, 1.165) is 25.7 Å². The minimum absolute atomic E-state index is 0.116.